The lowest BCUT2D eigenvalue weighted by atomic mass is 10.1. The zero-order chi connectivity index (χ0) is 22.4. The number of H-pyrrole nitrogens is 1. The van der Waals surface area contributed by atoms with Crippen LogP contribution in [0.4, 0.5) is 4.39 Å². The quantitative estimate of drug-likeness (QED) is 0.509. The van der Waals surface area contributed by atoms with Crippen LogP contribution in [0.1, 0.15) is 22.5 Å². The van der Waals surface area contributed by atoms with Gasteiger partial charge in [-0.25, -0.2) is 9.37 Å². The van der Waals surface area contributed by atoms with E-state index < -0.39 is 0 Å². The number of thiazole rings is 1. The Morgan fingerprint density at radius 3 is 2.88 bits per heavy atom. The van der Waals surface area contributed by atoms with Crippen LogP contribution in [-0.2, 0) is 0 Å². The molecule has 7 nitrogen and oxygen atoms in total. The second-order valence-corrected chi connectivity index (χ2v) is 9.26. The molecule has 1 amide bonds. The summed E-state index contributed by atoms with van der Waals surface area (Å²) in [5, 5.41) is 8.75. The molecule has 1 fully saturated rings. The Morgan fingerprint density at radius 1 is 1.31 bits per heavy atom. The Morgan fingerprint density at radius 2 is 2.16 bits per heavy atom. The van der Waals surface area contributed by atoms with Crippen molar-refractivity contribution in [3.8, 4) is 21.1 Å². The molecule has 1 aromatic carbocycles. The fourth-order valence-electron chi connectivity index (χ4n) is 4.12. The molecule has 0 unspecified atom stereocenters. The summed E-state index contributed by atoms with van der Waals surface area (Å²) in [4.78, 5) is 27.3. The second kappa shape index (κ2) is 8.07. The first-order valence-electron chi connectivity index (χ1n) is 10.4. The number of likely N-dealkylation sites (tertiary alicyclic amines) is 1. The molecule has 1 N–H and O–H groups in total. The molecule has 0 bridgehead atoms. The highest BCUT2D eigenvalue weighted by atomic mass is 32.1. The molecular weight excluding hydrogens is 427 g/mol. The predicted molar refractivity (Wildman–Crippen MR) is 123 cm³/mol. The van der Waals surface area contributed by atoms with Crippen LogP contribution in [-0.4, -0.2) is 69.1 Å². The summed E-state index contributed by atoms with van der Waals surface area (Å²) in [5.74, 6) is -0.374. The van der Waals surface area contributed by atoms with Crippen LogP contribution in [0.3, 0.4) is 0 Å². The molecule has 1 atom stereocenters. The van der Waals surface area contributed by atoms with Gasteiger partial charge in [0.05, 0.1) is 10.4 Å². The summed E-state index contributed by atoms with van der Waals surface area (Å²) < 4.78 is 14.0. The van der Waals surface area contributed by atoms with Crippen molar-refractivity contribution >= 4 is 28.1 Å². The first-order valence-corrected chi connectivity index (χ1v) is 11.3. The summed E-state index contributed by atoms with van der Waals surface area (Å²) >= 11 is 1.40. The largest absolute Gasteiger partial charge is 0.336 e. The smallest absolute Gasteiger partial charge is 0.274 e. The fourth-order valence-corrected chi connectivity index (χ4v) is 5.17. The minimum Gasteiger partial charge on any atom is -0.336 e. The Hall–Kier alpha value is -3.17. The van der Waals surface area contributed by atoms with Crippen LogP contribution < -0.4 is 0 Å². The van der Waals surface area contributed by atoms with Gasteiger partial charge >= 0.3 is 0 Å². The maximum Gasteiger partial charge on any atom is 0.274 e. The molecular formula is C23H23FN6OS. The number of carbonyl (C=O) groups excluding carboxylic acids is 1. The van der Waals surface area contributed by atoms with Crippen LogP contribution in [0.2, 0.25) is 0 Å². The maximum atomic E-state index is 14.0. The molecule has 4 aromatic rings. The first-order chi connectivity index (χ1) is 15.4. The lowest BCUT2D eigenvalue weighted by molar-refractivity contribution is 0.0779. The van der Waals surface area contributed by atoms with Crippen molar-refractivity contribution < 1.29 is 9.18 Å². The highest BCUT2D eigenvalue weighted by molar-refractivity contribution is 7.18. The molecule has 1 saturated heterocycles. The number of nitrogens with one attached hydrogen (secondary N) is 1. The van der Waals surface area contributed by atoms with Gasteiger partial charge in [0.1, 0.15) is 22.2 Å². The summed E-state index contributed by atoms with van der Waals surface area (Å²) in [6.07, 6.45) is 4.38. The third-order valence-corrected chi connectivity index (χ3v) is 7.18. The van der Waals surface area contributed by atoms with Crippen LogP contribution >= 0.6 is 11.3 Å². The standard InChI is InChI=1S/C23H23FN6OS/c1-13-17(24)7-6-16-18(13)27-28-19(16)22-26-20(21(32-22)14-5-4-9-25-11-14)23(31)30-10-8-15(12-30)29(2)3/h4-7,9,11,15H,8,10,12H2,1-3H3,(H,27,28)/t15-/m0/s1. The van der Waals surface area contributed by atoms with Crippen molar-refractivity contribution in [1.82, 2.24) is 30.0 Å². The van der Waals surface area contributed by atoms with Crippen molar-refractivity contribution in [1.29, 1.82) is 0 Å². The SMILES string of the molecule is Cc1c(F)ccc2c(-c3nc(C(=O)N4CC[C@H](N(C)C)C4)c(-c4cccnc4)s3)n[nH]c12. The molecule has 32 heavy (non-hydrogen) atoms. The number of hydrogen-bond donors (Lipinski definition) is 1. The van der Waals surface area contributed by atoms with Gasteiger partial charge < -0.3 is 9.80 Å². The van der Waals surface area contributed by atoms with Crippen LogP contribution in [0, 0.1) is 12.7 Å². The number of carbonyl (C=O) groups is 1. The monoisotopic (exact) mass is 450 g/mol. The predicted octanol–water partition coefficient (Wildman–Crippen LogP) is 3.97. The lowest BCUT2D eigenvalue weighted by Crippen LogP contribution is -2.34. The topological polar surface area (TPSA) is 78.0 Å². The van der Waals surface area contributed by atoms with E-state index in [0.717, 1.165) is 22.2 Å². The number of aromatic nitrogens is 4. The number of aryl methyl sites for hydroxylation is 1. The summed E-state index contributed by atoms with van der Waals surface area (Å²) in [6.45, 7) is 3.09. The number of pyridine rings is 1. The van der Waals surface area contributed by atoms with E-state index in [1.807, 2.05) is 31.1 Å². The summed E-state index contributed by atoms with van der Waals surface area (Å²) in [6, 6.07) is 7.24. The number of amides is 1. The number of benzene rings is 1. The van der Waals surface area contributed by atoms with E-state index in [1.54, 1.807) is 25.4 Å². The van der Waals surface area contributed by atoms with Crippen LogP contribution in [0.5, 0.6) is 0 Å². The van der Waals surface area contributed by atoms with Gasteiger partial charge in [-0.15, -0.1) is 11.3 Å². The Labute approximate surface area is 188 Å². The highest BCUT2D eigenvalue weighted by Gasteiger charge is 2.32. The lowest BCUT2D eigenvalue weighted by Gasteiger charge is -2.20. The maximum absolute atomic E-state index is 14.0. The fraction of sp³-hybridized carbons (Fsp3) is 0.304. The average Bonchev–Trinajstić information content (AvgIpc) is 3.54. The number of nitrogens with zero attached hydrogens (tertiary/aromatic N) is 5. The van der Waals surface area contributed by atoms with E-state index in [-0.39, 0.29) is 11.7 Å². The number of likely N-dealkylation sites (N-methyl/N-ethyl adjacent to an activating group) is 1. The van der Waals surface area contributed by atoms with Gasteiger partial charge in [-0.2, -0.15) is 5.10 Å². The second-order valence-electron chi connectivity index (χ2n) is 8.26. The van der Waals surface area contributed by atoms with Gasteiger partial charge in [-0.3, -0.25) is 14.9 Å². The minimum absolute atomic E-state index is 0.0854. The molecule has 164 valence electrons. The molecule has 0 aliphatic carbocycles. The van der Waals surface area contributed by atoms with Crippen molar-refractivity contribution in [3.05, 3.63) is 53.7 Å². The van der Waals surface area contributed by atoms with E-state index in [9.17, 15) is 9.18 Å². The molecule has 4 heterocycles. The van der Waals surface area contributed by atoms with Crippen molar-refractivity contribution in [2.75, 3.05) is 27.2 Å². The number of halogens is 1. The summed E-state index contributed by atoms with van der Waals surface area (Å²) in [5.41, 5.74) is 3.01. The molecule has 1 aliphatic heterocycles. The van der Waals surface area contributed by atoms with Gasteiger partial charge in [0.15, 0.2) is 0 Å². The third kappa shape index (κ3) is 3.47. The van der Waals surface area contributed by atoms with E-state index >= 15 is 0 Å². The minimum atomic E-state index is -0.289. The Bertz CT molecular complexity index is 1300. The zero-order valence-corrected chi connectivity index (χ0v) is 18.9. The molecule has 0 radical (unpaired) electrons. The van der Waals surface area contributed by atoms with E-state index in [1.165, 1.54) is 17.4 Å². The molecule has 5 rings (SSSR count). The van der Waals surface area contributed by atoms with E-state index in [2.05, 4.69) is 20.1 Å². The highest BCUT2D eigenvalue weighted by Crippen LogP contribution is 2.38. The molecule has 3 aromatic heterocycles. The van der Waals surface area contributed by atoms with Crippen molar-refractivity contribution in [3.63, 3.8) is 0 Å². The Kier molecular flexibility index (Phi) is 5.22. The van der Waals surface area contributed by atoms with E-state index in [4.69, 9.17) is 4.98 Å². The van der Waals surface area contributed by atoms with Gasteiger partial charge in [0.2, 0.25) is 0 Å². The van der Waals surface area contributed by atoms with E-state index in [0.29, 0.717) is 46.6 Å². The molecule has 1 aliphatic rings. The number of hydrogen-bond acceptors (Lipinski definition) is 6. The number of aromatic amines is 1. The van der Waals surface area contributed by atoms with Gasteiger partial charge in [0.25, 0.3) is 5.91 Å². The first kappa shape index (κ1) is 20.7. The summed E-state index contributed by atoms with van der Waals surface area (Å²) in [7, 11) is 4.07. The van der Waals surface area contributed by atoms with Gasteiger partial charge in [-0.1, -0.05) is 6.07 Å². The number of fused-ring (bicyclic) bond motifs is 1. The molecule has 0 spiro atoms. The van der Waals surface area contributed by atoms with Gasteiger partial charge in [0, 0.05) is 48.0 Å². The molecule has 0 saturated carbocycles. The number of rotatable bonds is 4. The average molecular weight is 451 g/mol. The van der Waals surface area contributed by atoms with Crippen LogP contribution in [0.15, 0.2) is 36.7 Å². The zero-order valence-electron chi connectivity index (χ0n) is 18.1. The van der Waals surface area contributed by atoms with Crippen molar-refractivity contribution in [2.45, 2.75) is 19.4 Å². The van der Waals surface area contributed by atoms with Crippen molar-refractivity contribution in [2.24, 2.45) is 0 Å². The molecule has 9 heteroatoms. The van der Waals surface area contributed by atoms with Gasteiger partial charge in [-0.05, 0) is 45.6 Å². The Balaban J connectivity index is 1.60. The van der Waals surface area contributed by atoms with Crippen LogP contribution in [0.25, 0.3) is 32.0 Å². The third-order valence-electron chi connectivity index (χ3n) is 6.07. The normalized spacial score (nSPS) is 16.4.